The number of likely N-dealkylation sites (N-methyl/N-ethyl adjacent to an activating group) is 1. The Morgan fingerprint density at radius 1 is 1.16 bits per heavy atom. The Bertz CT molecular complexity index is 1160. The monoisotopic (exact) mass is 430 g/mol. The zero-order chi connectivity index (χ0) is 22.7. The lowest BCUT2D eigenvalue weighted by molar-refractivity contribution is -0.133. The van der Waals surface area contributed by atoms with E-state index in [0.717, 1.165) is 27.7 Å². The van der Waals surface area contributed by atoms with Crippen LogP contribution in [0, 0.1) is 0 Å². The molecule has 4 rings (SSSR count). The number of rotatable bonds is 6. The number of nitrogens with one attached hydrogen (secondary N) is 2. The van der Waals surface area contributed by atoms with E-state index >= 15 is 0 Å². The highest BCUT2D eigenvalue weighted by molar-refractivity contribution is 6.04. The number of anilines is 2. The lowest BCUT2D eigenvalue weighted by atomic mass is 10.0. The van der Waals surface area contributed by atoms with Gasteiger partial charge in [0.15, 0.2) is 0 Å². The van der Waals surface area contributed by atoms with E-state index in [2.05, 4.69) is 10.6 Å². The van der Waals surface area contributed by atoms with E-state index in [1.165, 1.54) is 11.9 Å². The van der Waals surface area contributed by atoms with Crippen LogP contribution in [0.1, 0.15) is 12.5 Å². The SMILES string of the molecule is C[C@@H](C(=O)NC1CNc2ccccc2N(Cc2cccc3ccccc23)C1=O)N(C)C=O. The Balaban J connectivity index is 1.67. The van der Waals surface area contributed by atoms with Gasteiger partial charge in [0.2, 0.25) is 12.3 Å². The lowest BCUT2D eigenvalue weighted by Crippen LogP contribution is -2.54. The van der Waals surface area contributed by atoms with Crippen LogP contribution in [-0.2, 0) is 20.9 Å². The third-order valence-electron chi connectivity index (χ3n) is 5.94. The number of amides is 3. The summed E-state index contributed by atoms with van der Waals surface area (Å²) in [4.78, 5) is 40.3. The average Bonchev–Trinajstić information content (AvgIpc) is 2.95. The fourth-order valence-corrected chi connectivity index (χ4v) is 3.91. The molecule has 0 aliphatic carbocycles. The quantitative estimate of drug-likeness (QED) is 0.590. The normalized spacial score (nSPS) is 16.5. The highest BCUT2D eigenvalue weighted by Crippen LogP contribution is 2.31. The Morgan fingerprint density at radius 3 is 2.69 bits per heavy atom. The second-order valence-corrected chi connectivity index (χ2v) is 7.97. The van der Waals surface area contributed by atoms with Crippen LogP contribution in [0.15, 0.2) is 66.7 Å². The average molecular weight is 431 g/mol. The molecule has 0 fully saturated rings. The van der Waals surface area contributed by atoms with Crippen molar-refractivity contribution in [2.75, 3.05) is 23.8 Å². The van der Waals surface area contributed by atoms with E-state index in [0.29, 0.717) is 13.0 Å². The van der Waals surface area contributed by atoms with Gasteiger partial charge in [0.25, 0.3) is 5.91 Å². The van der Waals surface area contributed by atoms with Crippen LogP contribution < -0.4 is 15.5 Å². The van der Waals surface area contributed by atoms with Gasteiger partial charge in [-0.1, -0.05) is 54.6 Å². The largest absolute Gasteiger partial charge is 0.381 e. The Morgan fingerprint density at radius 2 is 1.88 bits per heavy atom. The van der Waals surface area contributed by atoms with Crippen molar-refractivity contribution >= 4 is 40.4 Å². The minimum atomic E-state index is -0.771. The molecule has 164 valence electrons. The summed E-state index contributed by atoms with van der Waals surface area (Å²) in [6.45, 7) is 2.25. The maximum absolute atomic E-state index is 13.6. The van der Waals surface area contributed by atoms with Crippen molar-refractivity contribution in [3.8, 4) is 0 Å². The van der Waals surface area contributed by atoms with E-state index in [1.807, 2.05) is 66.7 Å². The summed E-state index contributed by atoms with van der Waals surface area (Å²) in [5.41, 5.74) is 2.61. The van der Waals surface area contributed by atoms with Crippen LogP contribution in [-0.4, -0.2) is 48.8 Å². The molecule has 3 amide bonds. The molecular weight excluding hydrogens is 404 g/mol. The first-order chi connectivity index (χ1) is 15.5. The van der Waals surface area contributed by atoms with Crippen LogP contribution in [0.2, 0.25) is 0 Å². The number of benzene rings is 3. The molecule has 1 aliphatic heterocycles. The fraction of sp³-hybridized carbons (Fsp3) is 0.240. The first-order valence-corrected chi connectivity index (χ1v) is 10.6. The molecule has 7 heteroatoms. The molecule has 3 aromatic rings. The molecule has 1 heterocycles. The zero-order valence-electron chi connectivity index (χ0n) is 18.1. The van der Waals surface area contributed by atoms with E-state index in [4.69, 9.17) is 0 Å². The summed E-state index contributed by atoms with van der Waals surface area (Å²) in [6, 6.07) is 20.3. The molecule has 0 saturated heterocycles. The molecular formula is C25H26N4O3. The highest BCUT2D eigenvalue weighted by Gasteiger charge is 2.33. The molecule has 0 bridgehead atoms. The van der Waals surface area contributed by atoms with Gasteiger partial charge in [-0.05, 0) is 35.4 Å². The smallest absolute Gasteiger partial charge is 0.251 e. The van der Waals surface area contributed by atoms with E-state index in [-0.39, 0.29) is 18.4 Å². The number of carbonyl (C=O) groups excluding carboxylic acids is 3. The molecule has 1 unspecified atom stereocenters. The minimum Gasteiger partial charge on any atom is -0.381 e. The van der Waals surface area contributed by atoms with Gasteiger partial charge in [-0.15, -0.1) is 0 Å². The molecule has 0 spiro atoms. The summed E-state index contributed by atoms with van der Waals surface area (Å²) in [7, 11) is 1.53. The van der Waals surface area contributed by atoms with E-state index in [9.17, 15) is 14.4 Å². The predicted octanol–water partition coefficient (Wildman–Crippen LogP) is 2.76. The van der Waals surface area contributed by atoms with Crippen LogP contribution in [0.4, 0.5) is 11.4 Å². The first kappa shape index (κ1) is 21.4. The number of fused-ring (bicyclic) bond motifs is 2. The van der Waals surface area contributed by atoms with Crippen LogP contribution in [0.5, 0.6) is 0 Å². The summed E-state index contributed by atoms with van der Waals surface area (Å²) < 4.78 is 0. The Hall–Kier alpha value is -3.87. The van der Waals surface area contributed by atoms with Crippen molar-refractivity contribution in [1.82, 2.24) is 10.2 Å². The topological polar surface area (TPSA) is 81.8 Å². The van der Waals surface area contributed by atoms with Crippen molar-refractivity contribution in [3.63, 3.8) is 0 Å². The van der Waals surface area contributed by atoms with Gasteiger partial charge in [-0.25, -0.2) is 0 Å². The Labute approximate surface area is 187 Å². The van der Waals surface area contributed by atoms with Crippen molar-refractivity contribution in [3.05, 3.63) is 72.3 Å². The van der Waals surface area contributed by atoms with E-state index < -0.39 is 12.1 Å². The molecule has 1 aliphatic rings. The number of hydrogen-bond donors (Lipinski definition) is 2. The molecule has 7 nitrogen and oxygen atoms in total. The molecule has 32 heavy (non-hydrogen) atoms. The summed E-state index contributed by atoms with van der Waals surface area (Å²) >= 11 is 0. The van der Waals surface area contributed by atoms with Gasteiger partial charge in [-0.3, -0.25) is 14.4 Å². The van der Waals surface area contributed by atoms with Gasteiger partial charge >= 0.3 is 0 Å². The number of carbonyl (C=O) groups is 3. The standard InChI is InChI=1S/C25H26N4O3/c1-17(28(2)16-30)24(31)27-22-14-26-21-12-5-6-13-23(21)29(25(22)32)15-19-10-7-9-18-8-3-4-11-20(18)19/h3-13,16-17,22,26H,14-15H2,1-2H3,(H,27,31)/t17-,22?/m0/s1. The zero-order valence-corrected chi connectivity index (χ0v) is 18.1. The lowest BCUT2D eigenvalue weighted by Gasteiger charge is -2.27. The second-order valence-electron chi connectivity index (χ2n) is 7.97. The van der Waals surface area contributed by atoms with Crippen molar-refractivity contribution in [2.24, 2.45) is 0 Å². The predicted molar refractivity (Wildman–Crippen MR) is 125 cm³/mol. The number of nitrogens with zero attached hydrogens (tertiary/aromatic N) is 2. The molecule has 0 aromatic heterocycles. The molecule has 0 saturated carbocycles. The maximum Gasteiger partial charge on any atom is 0.251 e. The van der Waals surface area contributed by atoms with Crippen LogP contribution >= 0.6 is 0 Å². The van der Waals surface area contributed by atoms with Crippen LogP contribution in [0.25, 0.3) is 10.8 Å². The number of hydrogen-bond acceptors (Lipinski definition) is 4. The van der Waals surface area contributed by atoms with Crippen molar-refractivity contribution < 1.29 is 14.4 Å². The summed E-state index contributed by atoms with van der Waals surface area (Å²) in [6.07, 6.45) is 0.597. The Kier molecular flexibility index (Phi) is 6.07. The van der Waals surface area contributed by atoms with Gasteiger partial charge in [0, 0.05) is 13.6 Å². The molecule has 2 atom stereocenters. The maximum atomic E-state index is 13.6. The van der Waals surface area contributed by atoms with Crippen molar-refractivity contribution in [1.29, 1.82) is 0 Å². The molecule has 2 N–H and O–H groups in total. The van der Waals surface area contributed by atoms with Gasteiger partial charge in [-0.2, -0.15) is 0 Å². The van der Waals surface area contributed by atoms with Gasteiger partial charge in [0.1, 0.15) is 12.1 Å². The second kappa shape index (κ2) is 9.09. The van der Waals surface area contributed by atoms with Crippen LogP contribution in [0.3, 0.4) is 0 Å². The molecule has 3 aromatic carbocycles. The number of para-hydroxylation sites is 2. The third-order valence-corrected chi connectivity index (χ3v) is 5.94. The van der Waals surface area contributed by atoms with E-state index in [1.54, 1.807) is 11.8 Å². The fourth-order valence-electron chi connectivity index (χ4n) is 3.91. The van der Waals surface area contributed by atoms with Crippen molar-refractivity contribution in [2.45, 2.75) is 25.6 Å². The summed E-state index contributed by atoms with van der Waals surface area (Å²) in [5.74, 6) is -0.583. The van der Waals surface area contributed by atoms with Gasteiger partial charge in [0.05, 0.1) is 17.9 Å². The first-order valence-electron chi connectivity index (χ1n) is 10.6. The third kappa shape index (κ3) is 4.14. The summed E-state index contributed by atoms with van der Waals surface area (Å²) in [5, 5.41) is 8.29. The minimum absolute atomic E-state index is 0.204. The molecule has 0 radical (unpaired) electrons. The highest BCUT2D eigenvalue weighted by atomic mass is 16.2. The van der Waals surface area contributed by atoms with Gasteiger partial charge < -0.3 is 20.4 Å².